The van der Waals surface area contributed by atoms with Crippen molar-refractivity contribution in [3.8, 4) is 5.69 Å². The number of carbonyl (C=O) groups excluding carboxylic acids is 1. The van der Waals surface area contributed by atoms with Crippen molar-refractivity contribution >= 4 is 35.2 Å². The molecule has 0 bridgehead atoms. The first kappa shape index (κ1) is 16.3. The number of rotatable bonds is 5. The van der Waals surface area contributed by atoms with Crippen LogP contribution in [-0.2, 0) is 4.79 Å². The number of hydrogen-bond acceptors (Lipinski definition) is 7. The Balaban J connectivity index is 1.71. The van der Waals surface area contributed by atoms with Crippen molar-refractivity contribution in [3.63, 3.8) is 0 Å². The number of carbonyl (C=O) groups is 1. The lowest BCUT2D eigenvalue weighted by molar-refractivity contribution is -0.115. The lowest BCUT2D eigenvalue weighted by Crippen LogP contribution is -2.24. The van der Waals surface area contributed by atoms with Crippen molar-refractivity contribution in [2.45, 2.75) is 17.3 Å². The normalized spacial score (nSPS) is 11.9. The second-order valence-corrected chi connectivity index (χ2v) is 6.42. The van der Waals surface area contributed by atoms with Crippen molar-refractivity contribution in [1.82, 2.24) is 30.2 Å². The zero-order valence-corrected chi connectivity index (χ0v) is 14.1. The summed E-state index contributed by atoms with van der Waals surface area (Å²) >= 11 is 7.11. The van der Waals surface area contributed by atoms with Gasteiger partial charge in [0.15, 0.2) is 0 Å². The molecule has 10 heteroatoms. The average molecular weight is 362 g/mol. The molecule has 24 heavy (non-hydrogen) atoms. The summed E-state index contributed by atoms with van der Waals surface area (Å²) in [6, 6.07) is 8.76. The minimum Gasteiger partial charge on any atom is -0.294 e. The number of tetrazole rings is 1. The first-order chi connectivity index (χ1) is 11.6. The fourth-order valence-electron chi connectivity index (χ4n) is 1.78. The highest BCUT2D eigenvalue weighted by atomic mass is 35.5. The van der Waals surface area contributed by atoms with Crippen molar-refractivity contribution < 1.29 is 4.79 Å². The Morgan fingerprint density at radius 3 is 2.67 bits per heavy atom. The molecule has 1 amide bonds. The topological polar surface area (TPSA) is 98.5 Å². The van der Waals surface area contributed by atoms with Gasteiger partial charge in [-0.2, -0.15) is 4.68 Å². The lowest BCUT2D eigenvalue weighted by atomic mass is 10.3. The second kappa shape index (κ2) is 7.37. The summed E-state index contributed by atoms with van der Waals surface area (Å²) in [6.07, 6.45) is 3.11. The van der Waals surface area contributed by atoms with Gasteiger partial charge in [-0.25, -0.2) is 9.97 Å². The maximum Gasteiger partial charge on any atom is 0.240 e. The molecule has 1 atom stereocenters. The van der Waals surface area contributed by atoms with Crippen LogP contribution in [-0.4, -0.2) is 41.3 Å². The maximum atomic E-state index is 12.2. The van der Waals surface area contributed by atoms with Crippen molar-refractivity contribution in [3.05, 3.63) is 47.7 Å². The van der Waals surface area contributed by atoms with Crippen molar-refractivity contribution in [2.75, 3.05) is 5.32 Å². The highest BCUT2D eigenvalue weighted by molar-refractivity contribution is 8.00. The standard InChI is InChI=1S/C14H12ClN7OS/c1-9(12(23)18-13-16-7-2-8-17-13)24-14-19-20-21-22(14)11-5-3-10(15)4-6-11/h2-9H,1H3,(H,16,17,18,23). The van der Waals surface area contributed by atoms with Crippen LogP contribution < -0.4 is 5.32 Å². The third-order valence-corrected chi connectivity index (χ3v) is 4.25. The molecule has 0 aliphatic rings. The Morgan fingerprint density at radius 2 is 1.96 bits per heavy atom. The summed E-state index contributed by atoms with van der Waals surface area (Å²) in [6.45, 7) is 1.75. The number of amides is 1. The van der Waals surface area contributed by atoms with E-state index in [1.54, 1.807) is 54.3 Å². The second-order valence-electron chi connectivity index (χ2n) is 4.67. The predicted molar refractivity (Wildman–Crippen MR) is 90.1 cm³/mol. The van der Waals surface area contributed by atoms with Crippen molar-refractivity contribution in [1.29, 1.82) is 0 Å². The van der Waals surface area contributed by atoms with Gasteiger partial charge in [0.05, 0.1) is 10.9 Å². The number of thioether (sulfide) groups is 1. The van der Waals surface area contributed by atoms with E-state index in [9.17, 15) is 4.79 Å². The molecule has 0 fully saturated rings. The smallest absolute Gasteiger partial charge is 0.240 e. The zero-order valence-electron chi connectivity index (χ0n) is 12.5. The summed E-state index contributed by atoms with van der Waals surface area (Å²) in [5.41, 5.74) is 0.755. The quantitative estimate of drug-likeness (QED) is 0.695. The molecule has 0 saturated heterocycles. The van der Waals surface area contributed by atoms with Gasteiger partial charge in [0.2, 0.25) is 17.0 Å². The van der Waals surface area contributed by atoms with Gasteiger partial charge >= 0.3 is 0 Å². The molecule has 0 aliphatic heterocycles. The molecule has 0 spiro atoms. The number of nitrogens with one attached hydrogen (secondary N) is 1. The molecular formula is C14H12ClN7OS. The van der Waals surface area contributed by atoms with E-state index in [0.29, 0.717) is 10.2 Å². The van der Waals surface area contributed by atoms with E-state index in [0.717, 1.165) is 5.69 Å². The predicted octanol–water partition coefficient (Wildman–Crippen LogP) is 2.22. The first-order valence-corrected chi connectivity index (χ1v) is 8.18. The van der Waals surface area contributed by atoms with E-state index in [1.807, 2.05) is 0 Å². The summed E-state index contributed by atoms with van der Waals surface area (Å²) in [4.78, 5) is 20.1. The molecule has 0 aliphatic carbocycles. The van der Waals surface area contributed by atoms with Gasteiger partial charge in [-0.05, 0) is 47.7 Å². The van der Waals surface area contributed by atoms with Gasteiger partial charge in [0, 0.05) is 17.4 Å². The molecule has 0 radical (unpaired) electrons. The van der Waals surface area contributed by atoms with Crippen LogP contribution in [0, 0.1) is 0 Å². The van der Waals surface area contributed by atoms with E-state index in [1.165, 1.54) is 11.8 Å². The lowest BCUT2D eigenvalue weighted by Gasteiger charge is -2.10. The van der Waals surface area contributed by atoms with Gasteiger partial charge in [-0.1, -0.05) is 23.4 Å². The SMILES string of the molecule is CC(Sc1nnnn1-c1ccc(Cl)cc1)C(=O)Nc1ncccn1. The number of anilines is 1. The fourth-order valence-corrected chi connectivity index (χ4v) is 2.72. The summed E-state index contributed by atoms with van der Waals surface area (Å²) in [7, 11) is 0. The fraction of sp³-hybridized carbons (Fsp3) is 0.143. The largest absolute Gasteiger partial charge is 0.294 e. The molecule has 122 valence electrons. The van der Waals surface area contributed by atoms with Gasteiger partial charge in [-0.15, -0.1) is 5.10 Å². The van der Waals surface area contributed by atoms with Gasteiger partial charge in [0.25, 0.3) is 0 Å². The van der Waals surface area contributed by atoms with E-state index >= 15 is 0 Å². The van der Waals surface area contributed by atoms with E-state index in [4.69, 9.17) is 11.6 Å². The Kier molecular flexibility index (Phi) is 5.02. The van der Waals surface area contributed by atoms with Crippen LogP contribution in [0.5, 0.6) is 0 Å². The molecule has 1 aromatic carbocycles. The van der Waals surface area contributed by atoms with Crippen LogP contribution in [0.4, 0.5) is 5.95 Å². The van der Waals surface area contributed by atoms with Crippen LogP contribution in [0.2, 0.25) is 5.02 Å². The molecule has 1 unspecified atom stereocenters. The van der Waals surface area contributed by atoms with E-state index in [-0.39, 0.29) is 11.9 Å². The number of nitrogens with zero attached hydrogens (tertiary/aromatic N) is 6. The molecule has 2 aromatic heterocycles. The van der Waals surface area contributed by atoms with Crippen LogP contribution in [0.1, 0.15) is 6.92 Å². The molecule has 8 nitrogen and oxygen atoms in total. The Bertz CT molecular complexity index is 825. The molecule has 1 N–H and O–H groups in total. The number of benzene rings is 1. The number of halogens is 1. The number of hydrogen-bond donors (Lipinski definition) is 1. The third kappa shape index (κ3) is 3.87. The summed E-state index contributed by atoms with van der Waals surface area (Å²) < 4.78 is 1.55. The highest BCUT2D eigenvalue weighted by Crippen LogP contribution is 2.24. The van der Waals surface area contributed by atoms with Gasteiger partial charge in [-0.3, -0.25) is 10.1 Å². The molecule has 3 aromatic rings. The Hall–Kier alpha value is -2.52. The zero-order chi connectivity index (χ0) is 16.9. The molecule has 0 saturated carbocycles. The van der Waals surface area contributed by atoms with Gasteiger partial charge < -0.3 is 0 Å². The van der Waals surface area contributed by atoms with E-state index < -0.39 is 5.25 Å². The monoisotopic (exact) mass is 361 g/mol. The Morgan fingerprint density at radius 1 is 1.25 bits per heavy atom. The Labute approximate surface area is 146 Å². The van der Waals surface area contributed by atoms with Crippen LogP contribution in [0.15, 0.2) is 47.9 Å². The highest BCUT2D eigenvalue weighted by Gasteiger charge is 2.20. The van der Waals surface area contributed by atoms with Gasteiger partial charge in [0.1, 0.15) is 0 Å². The van der Waals surface area contributed by atoms with Crippen LogP contribution >= 0.6 is 23.4 Å². The molecular weight excluding hydrogens is 350 g/mol. The summed E-state index contributed by atoms with van der Waals surface area (Å²) in [5, 5.41) is 14.9. The van der Waals surface area contributed by atoms with E-state index in [2.05, 4.69) is 30.8 Å². The maximum absolute atomic E-state index is 12.2. The van der Waals surface area contributed by atoms with Crippen LogP contribution in [0.3, 0.4) is 0 Å². The minimum absolute atomic E-state index is 0.239. The first-order valence-electron chi connectivity index (χ1n) is 6.92. The van der Waals surface area contributed by atoms with Crippen LogP contribution in [0.25, 0.3) is 5.69 Å². The summed E-state index contributed by atoms with van der Waals surface area (Å²) in [5.74, 6) is 0.0177. The molecule has 3 rings (SSSR count). The number of aromatic nitrogens is 6. The van der Waals surface area contributed by atoms with Crippen molar-refractivity contribution in [2.24, 2.45) is 0 Å². The third-order valence-electron chi connectivity index (χ3n) is 2.96. The molecule has 2 heterocycles. The minimum atomic E-state index is -0.439. The average Bonchev–Trinajstić information content (AvgIpc) is 3.04.